The second-order valence-corrected chi connectivity index (χ2v) is 26.4. The van der Waals surface area contributed by atoms with E-state index in [0.29, 0.717) is 12.8 Å². The van der Waals surface area contributed by atoms with E-state index in [1.807, 2.05) is 6.08 Å². The molecule has 0 aromatic heterocycles. The van der Waals surface area contributed by atoms with Crippen LogP contribution < -0.4 is 5.32 Å². The third kappa shape index (κ3) is 43.6. The van der Waals surface area contributed by atoms with Gasteiger partial charge >= 0.3 is 0 Å². The predicted molar refractivity (Wildman–Crippen MR) is 369 cm³/mol. The zero-order valence-electron chi connectivity index (χ0n) is 57.4. The zero-order chi connectivity index (χ0) is 65.2. The molecule has 2 fully saturated rings. The first-order valence-electron chi connectivity index (χ1n) is 37.5. The van der Waals surface area contributed by atoms with E-state index in [1.165, 1.54) is 238 Å². The average molecular weight is 1270 g/mol. The molecule has 0 saturated carbocycles. The van der Waals surface area contributed by atoms with Crippen molar-refractivity contribution in [2.75, 3.05) is 19.8 Å². The summed E-state index contributed by atoms with van der Waals surface area (Å²) in [4.78, 5) is 13.4. The molecule has 526 valence electrons. The molecule has 2 saturated heterocycles. The molecular formula is C76H139NO13. The molecular weight excluding hydrogens is 1130 g/mol. The molecule has 0 aliphatic carbocycles. The van der Waals surface area contributed by atoms with Crippen LogP contribution >= 0.6 is 0 Å². The molecule has 0 spiro atoms. The maximum absolute atomic E-state index is 13.4. The number of aliphatic hydroxyl groups is 8. The Bertz CT molecular complexity index is 1740. The lowest BCUT2D eigenvalue weighted by Gasteiger charge is -2.46. The second kappa shape index (κ2) is 60.4. The van der Waals surface area contributed by atoms with Crippen molar-refractivity contribution in [3.63, 3.8) is 0 Å². The number of carbonyl (C=O) groups is 1. The number of nitrogens with one attached hydrogen (secondary N) is 1. The van der Waals surface area contributed by atoms with Gasteiger partial charge in [0.05, 0.1) is 32.0 Å². The van der Waals surface area contributed by atoms with Crippen molar-refractivity contribution < 1.29 is 64.6 Å². The number of hydrogen-bond acceptors (Lipinski definition) is 13. The Morgan fingerprint density at radius 1 is 0.400 bits per heavy atom. The normalized spacial score (nSPS) is 23.2. The molecule has 2 heterocycles. The lowest BCUT2D eigenvalue weighted by molar-refractivity contribution is -0.359. The maximum atomic E-state index is 13.4. The topological polar surface area (TPSA) is 228 Å². The van der Waals surface area contributed by atoms with Crippen LogP contribution in [0.15, 0.2) is 60.8 Å². The number of rotatable bonds is 62. The van der Waals surface area contributed by atoms with Gasteiger partial charge in [0.2, 0.25) is 5.91 Å². The standard InChI is InChI=1S/C76H139NO13/c1-3-5-7-9-11-13-15-17-19-21-23-25-27-29-30-31-32-33-34-36-38-40-42-44-46-48-50-52-54-56-58-60-68(81)77-64(63-87-75-73(86)71(84)74(67(62-79)89-75)90-76-72(85)70(83)69(82)66(61-78)88-76)65(80)59-57-55-53-51-49-47-45-43-41-39-37-35-28-26-24-22-20-18-16-14-12-10-8-6-4-2/h15,17,21,23,41,43,49,51,57,59,64-67,69-76,78-80,82-86H,3-14,16,18-20,22,24-40,42,44-48,50,52-56,58,60-63H2,1-2H3,(H,77,81)/b17-15-,23-21-,43-41+,51-49+,59-57+. The Hall–Kier alpha value is -2.31. The van der Waals surface area contributed by atoms with E-state index in [4.69, 9.17) is 18.9 Å². The number of allylic oxidation sites excluding steroid dienone is 9. The summed E-state index contributed by atoms with van der Waals surface area (Å²) in [5.74, 6) is -0.249. The van der Waals surface area contributed by atoms with Crippen LogP contribution in [0.2, 0.25) is 0 Å². The zero-order valence-corrected chi connectivity index (χ0v) is 57.4. The predicted octanol–water partition coefficient (Wildman–Crippen LogP) is 16.0. The van der Waals surface area contributed by atoms with Crippen LogP contribution in [-0.2, 0) is 23.7 Å². The summed E-state index contributed by atoms with van der Waals surface area (Å²) in [5.41, 5.74) is 0. The van der Waals surface area contributed by atoms with Gasteiger partial charge in [0.25, 0.3) is 0 Å². The van der Waals surface area contributed by atoms with Gasteiger partial charge < -0.3 is 65.1 Å². The van der Waals surface area contributed by atoms with E-state index in [1.54, 1.807) is 6.08 Å². The second-order valence-electron chi connectivity index (χ2n) is 26.4. The number of carbonyl (C=O) groups excluding carboxylic acids is 1. The van der Waals surface area contributed by atoms with E-state index in [0.717, 1.165) is 51.4 Å². The summed E-state index contributed by atoms with van der Waals surface area (Å²) in [6.45, 7) is 2.81. The fourth-order valence-electron chi connectivity index (χ4n) is 12.2. The SMILES string of the molecule is CCCCCCC/C=C\C/C=C\CCCCCCCCCCCCCCCCCCCCCC(=O)NC(COC1OC(CO)C(OC2OC(CO)C(O)C(O)C2O)C(O)C1O)C(O)/C=C/CC/C=C/CC/C=C/CCCCCCCCCCCCCCCCC. The molecule has 1 amide bonds. The van der Waals surface area contributed by atoms with Gasteiger partial charge in [-0.3, -0.25) is 4.79 Å². The Labute approximate surface area is 549 Å². The fourth-order valence-corrected chi connectivity index (χ4v) is 12.2. The maximum Gasteiger partial charge on any atom is 0.220 e. The number of hydrogen-bond donors (Lipinski definition) is 9. The van der Waals surface area contributed by atoms with Crippen molar-refractivity contribution in [3.05, 3.63) is 60.8 Å². The van der Waals surface area contributed by atoms with Crippen LogP contribution in [0.25, 0.3) is 0 Å². The summed E-state index contributed by atoms with van der Waals surface area (Å²) in [5, 5.41) is 87.5. The van der Waals surface area contributed by atoms with E-state index in [-0.39, 0.29) is 18.9 Å². The van der Waals surface area contributed by atoms with E-state index >= 15 is 0 Å². The molecule has 0 radical (unpaired) electrons. The summed E-state index contributed by atoms with van der Waals surface area (Å²) in [6, 6.07) is -0.940. The van der Waals surface area contributed by atoms with E-state index in [2.05, 4.69) is 67.8 Å². The highest BCUT2D eigenvalue weighted by Crippen LogP contribution is 2.30. The quantitative estimate of drug-likeness (QED) is 0.0204. The van der Waals surface area contributed by atoms with Gasteiger partial charge in [0.15, 0.2) is 12.6 Å². The Morgan fingerprint density at radius 2 is 0.744 bits per heavy atom. The van der Waals surface area contributed by atoms with Crippen LogP contribution in [-0.4, -0.2) is 140 Å². The number of amides is 1. The van der Waals surface area contributed by atoms with E-state index in [9.17, 15) is 45.6 Å². The van der Waals surface area contributed by atoms with Gasteiger partial charge in [-0.25, -0.2) is 0 Å². The minimum atomic E-state index is -1.79. The van der Waals surface area contributed by atoms with Crippen LogP contribution in [0.1, 0.15) is 322 Å². The van der Waals surface area contributed by atoms with Gasteiger partial charge in [0, 0.05) is 6.42 Å². The third-order valence-electron chi connectivity index (χ3n) is 18.2. The first kappa shape index (κ1) is 83.8. The number of aliphatic hydroxyl groups excluding tert-OH is 8. The molecule has 0 aromatic rings. The fraction of sp³-hybridized carbons (Fsp3) is 0.855. The summed E-state index contributed by atoms with van der Waals surface area (Å²) < 4.78 is 22.9. The van der Waals surface area contributed by atoms with Crippen LogP contribution in [0.3, 0.4) is 0 Å². The smallest absolute Gasteiger partial charge is 0.220 e. The monoisotopic (exact) mass is 1270 g/mol. The summed E-state index contributed by atoms with van der Waals surface area (Å²) in [7, 11) is 0. The van der Waals surface area contributed by atoms with Gasteiger partial charge in [-0.15, -0.1) is 0 Å². The van der Waals surface area contributed by atoms with Crippen molar-refractivity contribution in [2.45, 2.75) is 396 Å². The van der Waals surface area contributed by atoms with Crippen molar-refractivity contribution in [2.24, 2.45) is 0 Å². The highest BCUT2D eigenvalue weighted by atomic mass is 16.7. The Balaban J connectivity index is 1.67. The van der Waals surface area contributed by atoms with Gasteiger partial charge in [-0.05, 0) is 77.0 Å². The Kier molecular flexibility index (Phi) is 56.2. The molecule has 12 atom stereocenters. The Morgan fingerprint density at radius 3 is 1.16 bits per heavy atom. The highest BCUT2D eigenvalue weighted by molar-refractivity contribution is 5.76. The number of unbranched alkanes of at least 4 members (excludes halogenated alkanes) is 41. The third-order valence-corrected chi connectivity index (χ3v) is 18.2. The molecule has 9 N–H and O–H groups in total. The molecule has 2 rings (SSSR count). The largest absolute Gasteiger partial charge is 0.394 e. The highest BCUT2D eigenvalue weighted by Gasteiger charge is 2.51. The number of ether oxygens (including phenoxy) is 4. The molecule has 2 aliphatic rings. The lowest BCUT2D eigenvalue weighted by Crippen LogP contribution is -2.65. The molecule has 14 nitrogen and oxygen atoms in total. The molecule has 90 heavy (non-hydrogen) atoms. The summed E-state index contributed by atoms with van der Waals surface area (Å²) in [6.07, 6.45) is 64.3. The van der Waals surface area contributed by atoms with Gasteiger partial charge in [-0.2, -0.15) is 0 Å². The van der Waals surface area contributed by atoms with Gasteiger partial charge in [-0.1, -0.05) is 299 Å². The molecule has 12 unspecified atom stereocenters. The first-order chi connectivity index (χ1) is 44.1. The minimum absolute atomic E-state index is 0.249. The van der Waals surface area contributed by atoms with Crippen molar-refractivity contribution in [1.82, 2.24) is 5.32 Å². The molecule has 0 bridgehead atoms. The first-order valence-corrected chi connectivity index (χ1v) is 37.5. The molecule has 2 aliphatic heterocycles. The average Bonchev–Trinajstić information content (AvgIpc) is 1.42. The van der Waals surface area contributed by atoms with Crippen LogP contribution in [0, 0.1) is 0 Å². The van der Waals surface area contributed by atoms with E-state index < -0.39 is 86.8 Å². The van der Waals surface area contributed by atoms with Crippen LogP contribution in [0.4, 0.5) is 0 Å². The molecule has 14 heteroatoms. The van der Waals surface area contributed by atoms with Gasteiger partial charge in [0.1, 0.15) is 48.8 Å². The van der Waals surface area contributed by atoms with Crippen LogP contribution in [0.5, 0.6) is 0 Å². The summed E-state index contributed by atoms with van der Waals surface area (Å²) >= 11 is 0. The lowest BCUT2D eigenvalue weighted by atomic mass is 9.97. The molecule has 0 aromatic carbocycles. The minimum Gasteiger partial charge on any atom is -0.394 e. The van der Waals surface area contributed by atoms with Crippen molar-refractivity contribution >= 4 is 5.91 Å². The van der Waals surface area contributed by atoms with Crippen molar-refractivity contribution in [1.29, 1.82) is 0 Å². The van der Waals surface area contributed by atoms with Crippen molar-refractivity contribution in [3.8, 4) is 0 Å².